The normalized spacial score (nSPS) is 10.9. The first kappa shape index (κ1) is 14.7. The number of pyridine rings is 1. The van der Waals surface area contributed by atoms with Crippen LogP contribution in [0.25, 0.3) is 21.8 Å². The van der Waals surface area contributed by atoms with Gasteiger partial charge in [0, 0.05) is 16.3 Å². The van der Waals surface area contributed by atoms with Gasteiger partial charge < -0.3 is 4.74 Å². The van der Waals surface area contributed by atoms with Crippen LogP contribution in [0.15, 0.2) is 72.8 Å². The van der Waals surface area contributed by atoms with E-state index < -0.39 is 0 Å². The van der Waals surface area contributed by atoms with Gasteiger partial charge in [0.25, 0.3) is 0 Å². The zero-order valence-corrected chi connectivity index (χ0v) is 13.4. The van der Waals surface area contributed by atoms with Crippen LogP contribution in [-0.2, 0) is 0 Å². The summed E-state index contributed by atoms with van der Waals surface area (Å²) in [5.74, 6) is 0.194. The van der Waals surface area contributed by atoms with Gasteiger partial charge in [-0.05, 0) is 48.6 Å². The van der Waals surface area contributed by atoms with E-state index in [1.54, 1.807) is 12.1 Å². The summed E-state index contributed by atoms with van der Waals surface area (Å²) in [5.41, 5.74) is 2.54. The highest BCUT2D eigenvalue weighted by Gasteiger charge is 2.14. The van der Waals surface area contributed by atoms with Gasteiger partial charge in [-0.3, -0.25) is 0 Å². The molecule has 0 aliphatic carbocycles. The zero-order chi connectivity index (χ0) is 16.5. The molecule has 24 heavy (non-hydrogen) atoms. The van der Waals surface area contributed by atoms with E-state index in [0.717, 1.165) is 27.4 Å². The van der Waals surface area contributed by atoms with Gasteiger partial charge in [0.05, 0.1) is 11.0 Å². The minimum Gasteiger partial charge on any atom is -0.445 e. The van der Waals surface area contributed by atoms with Crippen LogP contribution in [0.3, 0.4) is 0 Å². The number of ether oxygens (including phenoxy) is 1. The second-order valence-corrected chi connectivity index (χ2v) is 5.74. The molecule has 0 N–H and O–H groups in total. The van der Waals surface area contributed by atoms with Crippen LogP contribution in [0, 0.1) is 5.82 Å². The van der Waals surface area contributed by atoms with Crippen molar-refractivity contribution in [2.24, 2.45) is 0 Å². The van der Waals surface area contributed by atoms with Crippen molar-refractivity contribution in [2.45, 2.75) is 0 Å². The van der Waals surface area contributed by atoms with Crippen LogP contribution in [0.1, 0.15) is 5.56 Å². The van der Waals surface area contributed by atoms with Crippen molar-refractivity contribution < 1.29 is 9.13 Å². The maximum atomic E-state index is 13.1. The summed E-state index contributed by atoms with van der Waals surface area (Å²) in [6.45, 7) is 0. The molecule has 0 aliphatic heterocycles. The topological polar surface area (TPSA) is 22.1 Å². The van der Waals surface area contributed by atoms with E-state index >= 15 is 0 Å². The number of thiocarbonyl (C=S) groups is 1. The van der Waals surface area contributed by atoms with E-state index in [1.807, 2.05) is 48.5 Å². The van der Waals surface area contributed by atoms with E-state index in [9.17, 15) is 4.39 Å². The van der Waals surface area contributed by atoms with Crippen molar-refractivity contribution in [1.29, 1.82) is 0 Å². The predicted octanol–water partition coefficient (Wildman–Crippen LogP) is 5.28. The van der Waals surface area contributed by atoms with E-state index in [2.05, 4.69) is 4.98 Å². The number of benzene rings is 3. The molecule has 2 nitrogen and oxygen atoms in total. The van der Waals surface area contributed by atoms with Crippen molar-refractivity contribution in [3.05, 3.63) is 84.2 Å². The van der Waals surface area contributed by atoms with Gasteiger partial charge in [0.1, 0.15) is 11.6 Å². The number of para-hydroxylation sites is 2. The Hall–Kier alpha value is -2.85. The van der Waals surface area contributed by atoms with Gasteiger partial charge in [0.15, 0.2) is 5.05 Å². The molecule has 0 aliphatic rings. The van der Waals surface area contributed by atoms with Gasteiger partial charge in [-0.2, -0.15) is 0 Å². The standard InChI is InChI=1S/C20H12FNOS/c21-13-9-11-14(12-10-13)23-20(24)19-15-5-1-3-7-17(15)22-18-8-4-2-6-16(18)19/h1-12H. The number of aromatic nitrogens is 1. The SMILES string of the molecule is Fc1ccc(OC(=S)c2c3ccccc3nc3ccccc23)cc1. The Bertz CT molecular complexity index is 1010. The summed E-state index contributed by atoms with van der Waals surface area (Å²) < 4.78 is 18.9. The molecule has 0 radical (unpaired) electrons. The monoisotopic (exact) mass is 333 g/mol. The number of fused-ring (bicyclic) bond motifs is 2. The van der Waals surface area contributed by atoms with Crippen LogP contribution in [0.4, 0.5) is 4.39 Å². The Morgan fingerprint density at radius 2 is 1.33 bits per heavy atom. The number of halogens is 1. The molecule has 0 unspecified atom stereocenters. The molecule has 0 bridgehead atoms. The number of nitrogens with zero attached hydrogens (tertiary/aromatic N) is 1. The molecule has 116 valence electrons. The molecule has 1 aromatic heterocycles. The summed E-state index contributed by atoms with van der Waals surface area (Å²) in [7, 11) is 0. The van der Waals surface area contributed by atoms with Crippen molar-refractivity contribution in [1.82, 2.24) is 4.98 Å². The molecule has 4 heteroatoms. The van der Waals surface area contributed by atoms with Gasteiger partial charge in [-0.1, -0.05) is 36.4 Å². The van der Waals surface area contributed by atoms with Crippen molar-refractivity contribution >= 4 is 39.1 Å². The Morgan fingerprint density at radius 3 is 1.92 bits per heavy atom. The van der Waals surface area contributed by atoms with Gasteiger partial charge in [-0.25, -0.2) is 9.37 Å². The Morgan fingerprint density at radius 1 is 0.792 bits per heavy atom. The molecule has 0 fully saturated rings. The highest BCUT2D eigenvalue weighted by Crippen LogP contribution is 2.27. The predicted molar refractivity (Wildman–Crippen MR) is 98.0 cm³/mol. The van der Waals surface area contributed by atoms with Crippen LogP contribution in [0.5, 0.6) is 5.75 Å². The fourth-order valence-electron chi connectivity index (χ4n) is 2.72. The van der Waals surface area contributed by atoms with Crippen molar-refractivity contribution in [3.8, 4) is 5.75 Å². The molecule has 4 aromatic rings. The van der Waals surface area contributed by atoms with E-state index in [1.165, 1.54) is 12.1 Å². The summed E-state index contributed by atoms with van der Waals surface area (Å²) in [6, 6.07) is 21.5. The quantitative estimate of drug-likeness (QED) is 0.368. The molecule has 0 saturated heterocycles. The zero-order valence-electron chi connectivity index (χ0n) is 12.6. The Labute approximate surface area is 143 Å². The van der Waals surface area contributed by atoms with Crippen LogP contribution in [-0.4, -0.2) is 10.0 Å². The Kier molecular flexibility index (Phi) is 3.67. The lowest BCUT2D eigenvalue weighted by molar-refractivity contribution is 0.561. The highest BCUT2D eigenvalue weighted by atomic mass is 32.1. The summed E-state index contributed by atoms with van der Waals surface area (Å²) in [4.78, 5) is 4.67. The molecule has 1 heterocycles. The second kappa shape index (κ2) is 5.98. The van der Waals surface area contributed by atoms with Crippen molar-refractivity contribution in [2.75, 3.05) is 0 Å². The van der Waals surface area contributed by atoms with Crippen molar-refractivity contribution in [3.63, 3.8) is 0 Å². The summed E-state index contributed by atoms with van der Waals surface area (Å²) in [6.07, 6.45) is 0. The third kappa shape index (κ3) is 2.61. The van der Waals surface area contributed by atoms with Crippen LogP contribution in [0.2, 0.25) is 0 Å². The van der Waals surface area contributed by atoms with Gasteiger partial charge in [-0.15, -0.1) is 0 Å². The van der Waals surface area contributed by atoms with E-state index in [4.69, 9.17) is 17.0 Å². The summed E-state index contributed by atoms with van der Waals surface area (Å²) in [5, 5.41) is 2.21. The maximum Gasteiger partial charge on any atom is 0.199 e. The lowest BCUT2D eigenvalue weighted by atomic mass is 10.0. The van der Waals surface area contributed by atoms with E-state index in [-0.39, 0.29) is 5.82 Å². The molecule has 4 rings (SSSR count). The highest BCUT2D eigenvalue weighted by molar-refractivity contribution is 7.80. The van der Waals surface area contributed by atoms with Crippen LogP contribution < -0.4 is 4.74 Å². The third-order valence-electron chi connectivity index (χ3n) is 3.82. The first-order valence-corrected chi connectivity index (χ1v) is 7.88. The number of rotatable bonds is 2. The molecule has 0 amide bonds. The van der Waals surface area contributed by atoms with Gasteiger partial charge >= 0.3 is 0 Å². The summed E-state index contributed by atoms with van der Waals surface area (Å²) >= 11 is 5.55. The molecule has 0 atom stereocenters. The second-order valence-electron chi connectivity index (χ2n) is 5.36. The molecular formula is C20H12FNOS. The average molecular weight is 333 g/mol. The minimum absolute atomic E-state index is 0.312. The van der Waals surface area contributed by atoms with Crippen LogP contribution >= 0.6 is 12.2 Å². The minimum atomic E-state index is -0.312. The number of hydrogen-bond acceptors (Lipinski definition) is 3. The molecule has 0 spiro atoms. The van der Waals surface area contributed by atoms with E-state index in [0.29, 0.717) is 10.8 Å². The maximum absolute atomic E-state index is 13.1. The fourth-order valence-corrected chi connectivity index (χ4v) is 3.04. The largest absolute Gasteiger partial charge is 0.445 e. The number of hydrogen-bond donors (Lipinski definition) is 0. The molecule has 0 saturated carbocycles. The molecule has 3 aromatic carbocycles. The third-order valence-corrected chi connectivity index (χ3v) is 4.10. The Balaban J connectivity index is 1.89. The lowest BCUT2D eigenvalue weighted by Gasteiger charge is -2.12. The first-order valence-electron chi connectivity index (χ1n) is 7.47. The first-order chi connectivity index (χ1) is 11.7. The smallest absolute Gasteiger partial charge is 0.199 e. The lowest BCUT2D eigenvalue weighted by Crippen LogP contribution is -2.09. The van der Waals surface area contributed by atoms with Gasteiger partial charge in [0.2, 0.25) is 0 Å². The molecular weight excluding hydrogens is 321 g/mol. The fraction of sp³-hybridized carbons (Fsp3) is 0. The average Bonchev–Trinajstić information content (AvgIpc) is 2.61.